The summed E-state index contributed by atoms with van der Waals surface area (Å²) < 4.78 is 1.43. The molecule has 25 heavy (non-hydrogen) atoms. The number of hydrogen-bond donors (Lipinski definition) is 3. The van der Waals surface area contributed by atoms with Crippen LogP contribution < -0.4 is 17.0 Å². The van der Waals surface area contributed by atoms with Gasteiger partial charge in [0.15, 0.2) is 5.65 Å². The number of anilines is 1. The normalized spacial score (nSPS) is 10.9. The van der Waals surface area contributed by atoms with Crippen molar-refractivity contribution in [2.75, 3.05) is 12.3 Å². The quantitative estimate of drug-likeness (QED) is 0.620. The minimum atomic E-state index is -0.593. The second kappa shape index (κ2) is 6.70. The SMILES string of the molecule is NC(=O)c1cccc(-c2nc3c(N)ccnc3n(CCCO)c2=O)c1. The van der Waals surface area contributed by atoms with E-state index in [1.165, 1.54) is 16.8 Å². The van der Waals surface area contributed by atoms with Crippen molar-refractivity contribution in [2.45, 2.75) is 13.0 Å². The average molecular weight is 339 g/mol. The van der Waals surface area contributed by atoms with E-state index in [0.29, 0.717) is 28.8 Å². The molecule has 0 aliphatic carbocycles. The van der Waals surface area contributed by atoms with Crippen molar-refractivity contribution in [2.24, 2.45) is 5.73 Å². The number of rotatable bonds is 5. The number of carbonyl (C=O) groups excluding carboxylic acids is 1. The monoisotopic (exact) mass is 339 g/mol. The first kappa shape index (κ1) is 16.6. The molecule has 8 heteroatoms. The molecular weight excluding hydrogens is 322 g/mol. The van der Waals surface area contributed by atoms with Crippen molar-refractivity contribution < 1.29 is 9.90 Å². The Hall–Kier alpha value is -3.26. The summed E-state index contributed by atoms with van der Waals surface area (Å²) in [6.07, 6.45) is 1.89. The molecule has 0 saturated carbocycles. The fourth-order valence-corrected chi connectivity index (χ4v) is 2.60. The summed E-state index contributed by atoms with van der Waals surface area (Å²) in [7, 11) is 0. The van der Waals surface area contributed by atoms with Crippen molar-refractivity contribution in [3.63, 3.8) is 0 Å². The first-order valence-electron chi connectivity index (χ1n) is 7.69. The van der Waals surface area contributed by atoms with Gasteiger partial charge in [0.05, 0.1) is 5.69 Å². The van der Waals surface area contributed by atoms with Gasteiger partial charge < -0.3 is 16.6 Å². The summed E-state index contributed by atoms with van der Waals surface area (Å²) in [5.41, 5.74) is 12.9. The van der Waals surface area contributed by atoms with Gasteiger partial charge in [-0.2, -0.15) is 0 Å². The van der Waals surface area contributed by atoms with Gasteiger partial charge in [-0.3, -0.25) is 14.2 Å². The van der Waals surface area contributed by atoms with Crippen LogP contribution in [-0.4, -0.2) is 32.2 Å². The Kier molecular flexibility index (Phi) is 4.44. The van der Waals surface area contributed by atoms with Crippen LogP contribution in [0.2, 0.25) is 0 Å². The molecule has 3 rings (SSSR count). The number of aliphatic hydroxyl groups is 1. The van der Waals surface area contributed by atoms with E-state index in [-0.39, 0.29) is 30.0 Å². The molecule has 0 spiro atoms. The Labute approximate surface area is 142 Å². The number of primary amides is 1. The summed E-state index contributed by atoms with van der Waals surface area (Å²) in [6.45, 7) is 0.207. The molecule has 1 aromatic carbocycles. The third-order valence-corrected chi connectivity index (χ3v) is 3.82. The molecule has 0 aliphatic heterocycles. The predicted molar refractivity (Wildman–Crippen MR) is 93.9 cm³/mol. The van der Waals surface area contributed by atoms with E-state index in [0.717, 1.165) is 0 Å². The predicted octanol–water partition coefficient (Wildman–Crippen LogP) is 0.522. The summed E-state index contributed by atoms with van der Waals surface area (Å²) >= 11 is 0. The number of carbonyl (C=O) groups is 1. The molecule has 0 aliphatic rings. The Balaban J connectivity index is 2.30. The molecule has 0 bridgehead atoms. The van der Waals surface area contributed by atoms with Crippen molar-refractivity contribution >= 4 is 22.8 Å². The Morgan fingerprint density at radius 1 is 1.28 bits per heavy atom. The van der Waals surface area contributed by atoms with E-state index in [1.54, 1.807) is 24.3 Å². The van der Waals surface area contributed by atoms with Crippen LogP contribution in [0.1, 0.15) is 16.8 Å². The molecule has 1 amide bonds. The lowest BCUT2D eigenvalue weighted by Crippen LogP contribution is -2.25. The first-order valence-corrected chi connectivity index (χ1v) is 7.69. The molecule has 2 aromatic heterocycles. The van der Waals surface area contributed by atoms with Crippen LogP contribution >= 0.6 is 0 Å². The zero-order valence-corrected chi connectivity index (χ0v) is 13.3. The van der Waals surface area contributed by atoms with E-state index in [9.17, 15) is 9.59 Å². The maximum atomic E-state index is 12.9. The van der Waals surface area contributed by atoms with E-state index in [1.807, 2.05) is 0 Å². The van der Waals surface area contributed by atoms with Crippen molar-refractivity contribution in [3.05, 3.63) is 52.4 Å². The second-order valence-corrected chi connectivity index (χ2v) is 5.51. The molecule has 5 N–H and O–H groups in total. The van der Waals surface area contributed by atoms with Gasteiger partial charge in [0.1, 0.15) is 11.2 Å². The Morgan fingerprint density at radius 3 is 2.80 bits per heavy atom. The molecule has 0 fully saturated rings. The fourth-order valence-electron chi connectivity index (χ4n) is 2.60. The standard InChI is InChI=1S/C17H17N5O3/c18-12-5-6-20-16-14(12)21-13(17(25)22(16)7-2-8-23)10-3-1-4-11(9-10)15(19)24/h1,3-6,9,23H,2,7-8H2,(H2,18,20)(H2,19,24). The van der Waals surface area contributed by atoms with Gasteiger partial charge in [-0.25, -0.2) is 9.97 Å². The van der Waals surface area contributed by atoms with Crippen LogP contribution in [0.25, 0.3) is 22.4 Å². The van der Waals surface area contributed by atoms with Crippen LogP contribution in [-0.2, 0) is 6.54 Å². The fraction of sp³-hybridized carbons (Fsp3) is 0.176. The highest BCUT2D eigenvalue weighted by atomic mass is 16.3. The van der Waals surface area contributed by atoms with E-state index >= 15 is 0 Å². The number of aromatic nitrogens is 3. The van der Waals surface area contributed by atoms with Gasteiger partial charge in [-0.15, -0.1) is 0 Å². The molecule has 128 valence electrons. The smallest absolute Gasteiger partial charge is 0.278 e. The number of amides is 1. The highest BCUT2D eigenvalue weighted by molar-refractivity contribution is 5.94. The number of nitrogen functional groups attached to an aromatic ring is 1. The molecule has 3 aromatic rings. The lowest BCUT2D eigenvalue weighted by Gasteiger charge is -2.12. The number of aliphatic hydroxyl groups excluding tert-OH is 1. The number of fused-ring (bicyclic) bond motifs is 1. The third kappa shape index (κ3) is 3.07. The van der Waals surface area contributed by atoms with Gasteiger partial charge in [0.25, 0.3) is 5.56 Å². The largest absolute Gasteiger partial charge is 0.397 e. The van der Waals surface area contributed by atoms with Gasteiger partial charge in [0, 0.05) is 30.5 Å². The van der Waals surface area contributed by atoms with E-state index < -0.39 is 5.91 Å². The Morgan fingerprint density at radius 2 is 2.08 bits per heavy atom. The van der Waals surface area contributed by atoms with Crippen LogP contribution in [0.3, 0.4) is 0 Å². The van der Waals surface area contributed by atoms with Gasteiger partial charge in [-0.05, 0) is 24.6 Å². The minimum Gasteiger partial charge on any atom is -0.397 e. The maximum absolute atomic E-state index is 12.9. The molecule has 2 heterocycles. The van der Waals surface area contributed by atoms with E-state index in [2.05, 4.69) is 9.97 Å². The van der Waals surface area contributed by atoms with E-state index in [4.69, 9.17) is 16.6 Å². The topological polar surface area (TPSA) is 137 Å². The molecule has 8 nitrogen and oxygen atoms in total. The number of nitrogens with zero attached hydrogens (tertiary/aromatic N) is 3. The van der Waals surface area contributed by atoms with Crippen molar-refractivity contribution in [3.8, 4) is 11.3 Å². The average Bonchev–Trinajstić information content (AvgIpc) is 2.61. The van der Waals surface area contributed by atoms with Gasteiger partial charge in [-0.1, -0.05) is 12.1 Å². The number of pyridine rings is 1. The summed E-state index contributed by atoms with van der Waals surface area (Å²) in [5.74, 6) is -0.593. The number of hydrogen-bond acceptors (Lipinski definition) is 6. The van der Waals surface area contributed by atoms with Crippen LogP contribution in [0.5, 0.6) is 0 Å². The molecule has 0 atom stereocenters. The molecule has 0 saturated heterocycles. The van der Waals surface area contributed by atoms with Gasteiger partial charge >= 0.3 is 0 Å². The molecule has 0 radical (unpaired) electrons. The van der Waals surface area contributed by atoms with Crippen LogP contribution in [0.15, 0.2) is 41.3 Å². The van der Waals surface area contributed by atoms with Crippen molar-refractivity contribution in [1.29, 1.82) is 0 Å². The van der Waals surface area contributed by atoms with Crippen LogP contribution in [0, 0.1) is 0 Å². The van der Waals surface area contributed by atoms with Crippen molar-refractivity contribution in [1.82, 2.24) is 14.5 Å². The zero-order chi connectivity index (χ0) is 18.0. The summed E-state index contributed by atoms with van der Waals surface area (Å²) in [6, 6.07) is 7.98. The number of nitrogens with two attached hydrogens (primary N) is 2. The maximum Gasteiger partial charge on any atom is 0.278 e. The molecule has 0 unspecified atom stereocenters. The first-order chi connectivity index (χ1) is 12.0. The van der Waals surface area contributed by atoms with Crippen LogP contribution in [0.4, 0.5) is 5.69 Å². The second-order valence-electron chi connectivity index (χ2n) is 5.51. The highest BCUT2D eigenvalue weighted by Gasteiger charge is 2.16. The number of benzene rings is 1. The lowest BCUT2D eigenvalue weighted by atomic mass is 10.1. The highest BCUT2D eigenvalue weighted by Crippen LogP contribution is 2.21. The summed E-state index contributed by atoms with van der Waals surface area (Å²) in [4.78, 5) is 32.9. The summed E-state index contributed by atoms with van der Waals surface area (Å²) in [5, 5.41) is 9.10. The Bertz CT molecular complexity index is 1010. The molecular formula is C17H17N5O3. The van der Waals surface area contributed by atoms with Gasteiger partial charge in [0.2, 0.25) is 5.91 Å². The third-order valence-electron chi connectivity index (χ3n) is 3.82. The minimum absolute atomic E-state index is 0.0644. The lowest BCUT2D eigenvalue weighted by molar-refractivity contribution is 0.100. The zero-order valence-electron chi connectivity index (χ0n) is 13.3. The number of aryl methyl sites for hydroxylation is 1.